The van der Waals surface area contributed by atoms with Crippen LogP contribution < -0.4 is 5.73 Å². The highest BCUT2D eigenvalue weighted by atomic mass is 19.2. The topological polar surface area (TPSA) is 46.3 Å². The van der Waals surface area contributed by atoms with Gasteiger partial charge >= 0.3 is 0 Å². The Morgan fingerprint density at radius 2 is 1.90 bits per heavy atom. The van der Waals surface area contributed by atoms with Gasteiger partial charge in [0.05, 0.1) is 0 Å². The lowest BCUT2D eigenvalue weighted by molar-refractivity contribution is 0.0640. The summed E-state index contributed by atoms with van der Waals surface area (Å²) in [6.07, 6.45) is 3.52. The number of hydrogen-bond acceptors (Lipinski definition) is 2. The first-order valence-corrected chi connectivity index (χ1v) is 7.04. The molecule has 1 aromatic rings. The fourth-order valence-electron chi connectivity index (χ4n) is 2.78. The second-order valence-electron chi connectivity index (χ2n) is 5.29. The van der Waals surface area contributed by atoms with Crippen LogP contribution in [0.15, 0.2) is 18.2 Å². The molecule has 5 heteroatoms. The number of rotatable bonds is 3. The number of nitrogens with zero attached hydrogens (tertiary/aromatic N) is 1. The molecule has 0 radical (unpaired) electrons. The molecule has 1 aromatic carbocycles. The summed E-state index contributed by atoms with van der Waals surface area (Å²) < 4.78 is 26.2. The summed E-state index contributed by atoms with van der Waals surface area (Å²) in [6, 6.07) is 3.64. The van der Waals surface area contributed by atoms with Crippen LogP contribution in [0.5, 0.6) is 0 Å². The average molecular weight is 282 g/mol. The molecule has 0 unspecified atom stereocenters. The molecule has 1 aliphatic rings. The zero-order chi connectivity index (χ0) is 14.7. The molecule has 2 rings (SSSR count). The quantitative estimate of drug-likeness (QED) is 0.926. The molecule has 0 heterocycles. The molecule has 0 saturated heterocycles. The molecule has 0 bridgehead atoms. The highest BCUT2D eigenvalue weighted by Gasteiger charge is 2.27. The first-order valence-electron chi connectivity index (χ1n) is 7.04. The van der Waals surface area contributed by atoms with Gasteiger partial charge in [-0.3, -0.25) is 4.79 Å². The lowest BCUT2D eigenvalue weighted by Gasteiger charge is -2.35. The van der Waals surface area contributed by atoms with E-state index >= 15 is 0 Å². The second-order valence-corrected chi connectivity index (χ2v) is 5.29. The van der Waals surface area contributed by atoms with Crippen molar-refractivity contribution in [2.45, 2.75) is 44.7 Å². The van der Waals surface area contributed by atoms with E-state index in [4.69, 9.17) is 5.73 Å². The standard InChI is InChI=1S/C15H20F2N2O/c1-2-19(12-6-4-11(18)5-7-12)15(20)10-3-8-13(16)14(17)9-10/h3,8-9,11-12H,2,4-7,18H2,1H3. The molecule has 1 amide bonds. The van der Waals surface area contributed by atoms with Gasteiger partial charge in [-0.25, -0.2) is 8.78 Å². The average Bonchev–Trinajstić information content (AvgIpc) is 2.44. The highest BCUT2D eigenvalue weighted by molar-refractivity contribution is 5.94. The molecule has 1 saturated carbocycles. The fourth-order valence-corrected chi connectivity index (χ4v) is 2.78. The third kappa shape index (κ3) is 3.15. The predicted octanol–water partition coefficient (Wildman–Crippen LogP) is 2.70. The molecule has 0 spiro atoms. The summed E-state index contributed by atoms with van der Waals surface area (Å²) in [7, 11) is 0. The van der Waals surface area contributed by atoms with Gasteiger partial charge in [-0.05, 0) is 50.8 Å². The van der Waals surface area contributed by atoms with Crippen LogP contribution >= 0.6 is 0 Å². The lowest BCUT2D eigenvalue weighted by Crippen LogP contribution is -2.44. The number of carbonyl (C=O) groups excluding carboxylic acids is 1. The van der Waals surface area contributed by atoms with Crippen LogP contribution in [0.1, 0.15) is 43.0 Å². The van der Waals surface area contributed by atoms with Crippen molar-refractivity contribution in [3.8, 4) is 0 Å². The molecule has 1 aliphatic carbocycles. The Bertz CT molecular complexity index is 485. The molecular formula is C15H20F2N2O. The van der Waals surface area contributed by atoms with E-state index in [0.717, 1.165) is 37.8 Å². The number of carbonyl (C=O) groups is 1. The summed E-state index contributed by atoms with van der Waals surface area (Å²) in [5.41, 5.74) is 6.06. The number of amides is 1. The Balaban J connectivity index is 2.14. The van der Waals surface area contributed by atoms with Gasteiger partial charge in [0.25, 0.3) is 5.91 Å². The van der Waals surface area contributed by atoms with Gasteiger partial charge in [0.2, 0.25) is 0 Å². The molecule has 0 atom stereocenters. The smallest absolute Gasteiger partial charge is 0.254 e. The molecule has 2 N–H and O–H groups in total. The monoisotopic (exact) mass is 282 g/mol. The van der Waals surface area contributed by atoms with Gasteiger partial charge in [0.15, 0.2) is 11.6 Å². The van der Waals surface area contributed by atoms with E-state index in [9.17, 15) is 13.6 Å². The third-order valence-corrected chi connectivity index (χ3v) is 3.95. The van der Waals surface area contributed by atoms with Gasteiger partial charge in [0, 0.05) is 24.2 Å². The Labute approximate surface area is 117 Å². The number of hydrogen-bond donors (Lipinski definition) is 1. The van der Waals surface area contributed by atoms with E-state index in [1.165, 1.54) is 6.07 Å². The fraction of sp³-hybridized carbons (Fsp3) is 0.533. The normalized spacial score (nSPS) is 22.6. The van der Waals surface area contributed by atoms with Gasteiger partial charge in [-0.1, -0.05) is 0 Å². The zero-order valence-corrected chi connectivity index (χ0v) is 11.6. The van der Waals surface area contributed by atoms with Crippen molar-refractivity contribution < 1.29 is 13.6 Å². The van der Waals surface area contributed by atoms with Crippen molar-refractivity contribution in [1.82, 2.24) is 4.90 Å². The first kappa shape index (κ1) is 14.9. The van der Waals surface area contributed by atoms with Crippen molar-refractivity contribution in [1.29, 1.82) is 0 Å². The molecule has 1 fully saturated rings. The molecule has 0 aromatic heterocycles. The second kappa shape index (κ2) is 6.31. The van der Waals surface area contributed by atoms with E-state index < -0.39 is 11.6 Å². The number of halogens is 2. The predicted molar refractivity (Wildman–Crippen MR) is 73.3 cm³/mol. The van der Waals surface area contributed by atoms with Gasteiger partial charge in [-0.15, -0.1) is 0 Å². The molecule has 0 aliphatic heterocycles. The summed E-state index contributed by atoms with van der Waals surface area (Å²) >= 11 is 0. The lowest BCUT2D eigenvalue weighted by atomic mass is 9.90. The summed E-state index contributed by atoms with van der Waals surface area (Å²) in [5.74, 6) is -2.17. The summed E-state index contributed by atoms with van der Waals surface area (Å²) in [5, 5.41) is 0. The van der Waals surface area contributed by atoms with Crippen molar-refractivity contribution >= 4 is 5.91 Å². The van der Waals surface area contributed by atoms with Crippen LogP contribution in [-0.4, -0.2) is 29.4 Å². The molecular weight excluding hydrogens is 262 g/mol. The van der Waals surface area contributed by atoms with E-state index in [1.807, 2.05) is 6.92 Å². The number of nitrogens with two attached hydrogens (primary N) is 1. The minimum atomic E-state index is -0.988. The summed E-state index contributed by atoms with van der Waals surface area (Å²) in [6.45, 7) is 2.45. The van der Waals surface area contributed by atoms with Crippen LogP contribution in [0.25, 0.3) is 0 Å². The van der Waals surface area contributed by atoms with E-state index in [1.54, 1.807) is 4.90 Å². The molecule has 20 heavy (non-hydrogen) atoms. The van der Waals surface area contributed by atoms with Gasteiger partial charge in [-0.2, -0.15) is 0 Å². The Morgan fingerprint density at radius 3 is 2.45 bits per heavy atom. The van der Waals surface area contributed by atoms with Crippen molar-refractivity contribution in [2.75, 3.05) is 6.54 Å². The van der Waals surface area contributed by atoms with Crippen molar-refractivity contribution in [3.05, 3.63) is 35.4 Å². The van der Waals surface area contributed by atoms with Crippen LogP contribution in [-0.2, 0) is 0 Å². The molecule has 3 nitrogen and oxygen atoms in total. The highest BCUT2D eigenvalue weighted by Crippen LogP contribution is 2.24. The zero-order valence-electron chi connectivity index (χ0n) is 11.6. The van der Waals surface area contributed by atoms with Gasteiger partial charge in [0.1, 0.15) is 0 Å². The van der Waals surface area contributed by atoms with Crippen LogP contribution in [0.3, 0.4) is 0 Å². The van der Waals surface area contributed by atoms with E-state index in [-0.39, 0.29) is 23.6 Å². The Kier molecular flexibility index (Phi) is 4.70. The Hall–Kier alpha value is -1.49. The van der Waals surface area contributed by atoms with Crippen molar-refractivity contribution in [3.63, 3.8) is 0 Å². The third-order valence-electron chi connectivity index (χ3n) is 3.95. The van der Waals surface area contributed by atoms with Gasteiger partial charge < -0.3 is 10.6 Å². The largest absolute Gasteiger partial charge is 0.336 e. The maximum atomic E-state index is 13.2. The molecule has 110 valence electrons. The SMILES string of the molecule is CCN(C(=O)c1ccc(F)c(F)c1)C1CCC(N)CC1. The van der Waals surface area contributed by atoms with Crippen LogP contribution in [0, 0.1) is 11.6 Å². The van der Waals surface area contributed by atoms with Crippen molar-refractivity contribution in [2.24, 2.45) is 5.73 Å². The minimum absolute atomic E-state index is 0.139. The van der Waals surface area contributed by atoms with Crippen LogP contribution in [0.4, 0.5) is 8.78 Å². The number of benzene rings is 1. The first-order chi connectivity index (χ1) is 9.52. The maximum absolute atomic E-state index is 13.2. The minimum Gasteiger partial charge on any atom is -0.336 e. The van der Waals surface area contributed by atoms with E-state index in [0.29, 0.717) is 6.54 Å². The maximum Gasteiger partial charge on any atom is 0.254 e. The Morgan fingerprint density at radius 1 is 1.25 bits per heavy atom. The van der Waals surface area contributed by atoms with Crippen LogP contribution in [0.2, 0.25) is 0 Å². The van der Waals surface area contributed by atoms with E-state index in [2.05, 4.69) is 0 Å². The summed E-state index contributed by atoms with van der Waals surface area (Å²) in [4.78, 5) is 14.2.